The quantitative estimate of drug-likeness (QED) is 0.654. The first-order chi connectivity index (χ1) is 12.2. The van der Waals surface area contributed by atoms with Gasteiger partial charge in [-0.3, -0.25) is 9.59 Å². The third-order valence-corrected chi connectivity index (χ3v) is 3.87. The van der Waals surface area contributed by atoms with Gasteiger partial charge in [-0.05, 0) is 12.1 Å². The Kier molecular flexibility index (Phi) is 6.01. The summed E-state index contributed by atoms with van der Waals surface area (Å²) in [5, 5.41) is 4.91. The first-order valence-electron chi connectivity index (χ1n) is 7.11. The van der Waals surface area contributed by atoms with Crippen molar-refractivity contribution in [1.29, 1.82) is 0 Å². The van der Waals surface area contributed by atoms with Crippen molar-refractivity contribution >= 4 is 38.5 Å². The molecule has 7 nitrogen and oxygen atoms in total. The van der Waals surface area contributed by atoms with E-state index in [9.17, 15) is 22.8 Å². The van der Waals surface area contributed by atoms with Crippen LogP contribution in [-0.2, 0) is 9.59 Å². The van der Waals surface area contributed by atoms with Crippen LogP contribution in [0.4, 0.5) is 18.3 Å². The number of nitrogens with two attached hydrogens (primary N) is 1. The molecule has 2 rings (SSSR count). The maximum absolute atomic E-state index is 12.2. The molecule has 0 aliphatic rings. The number of anilines is 1. The Hall–Kier alpha value is -2.84. The molecule has 1 aromatic carbocycles. The van der Waals surface area contributed by atoms with Gasteiger partial charge in [0.1, 0.15) is 5.75 Å². The molecule has 1 heterocycles. The number of amides is 2. The van der Waals surface area contributed by atoms with Crippen LogP contribution < -0.4 is 21.1 Å². The molecule has 0 aliphatic heterocycles. The Morgan fingerprint density at radius 3 is 2.81 bits per heavy atom. The molecule has 0 saturated carbocycles. The van der Waals surface area contributed by atoms with Crippen molar-refractivity contribution in [2.45, 2.75) is 18.8 Å². The van der Waals surface area contributed by atoms with E-state index in [1.54, 1.807) is 0 Å². The van der Waals surface area contributed by atoms with Gasteiger partial charge in [0.05, 0.1) is 22.8 Å². The maximum atomic E-state index is 12.2. The second kappa shape index (κ2) is 8.03. The second-order valence-electron chi connectivity index (χ2n) is 4.98. The number of carbonyl (C=O) groups is 2. The number of carbonyl (C=O) groups excluding carboxylic acids is 2. The van der Waals surface area contributed by atoms with E-state index in [-0.39, 0.29) is 23.8 Å². The first-order valence-corrected chi connectivity index (χ1v) is 7.92. The van der Waals surface area contributed by atoms with E-state index in [0.717, 1.165) is 23.5 Å². The summed E-state index contributed by atoms with van der Waals surface area (Å²) in [6, 6.07) is 2.70. The van der Waals surface area contributed by atoms with Crippen molar-refractivity contribution < 1.29 is 27.5 Å². The number of alkyl halides is 3. The minimum atomic E-state index is -4.80. The van der Waals surface area contributed by atoms with Crippen molar-refractivity contribution in [3.05, 3.63) is 18.2 Å². The number of nitrogens with one attached hydrogen (secondary N) is 2. The van der Waals surface area contributed by atoms with E-state index >= 15 is 0 Å². The standard InChI is InChI=1S/C15H13F3N4O3S/c1-2-3-9(19)13(24)20-7-12(23)22-14-21-10-5-4-8(6-11(10)26-14)25-15(16,17)18/h1,4-6,9H,3,7,19H2,(H,20,24)(H,21,22,23)/t9-/m0/s1. The van der Waals surface area contributed by atoms with Gasteiger partial charge >= 0.3 is 6.36 Å². The molecule has 0 bridgehead atoms. The predicted octanol–water partition coefficient (Wildman–Crippen LogP) is 1.60. The highest BCUT2D eigenvalue weighted by molar-refractivity contribution is 7.22. The summed E-state index contributed by atoms with van der Waals surface area (Å²) in [6.07, 6.45) is 0.277. The summed E-state index contributed by atoms with van der Waals surface area (Å²) in [4.78, 5) is 27.4. The van der Waals surface area contributed by atoms with E-state index in [2.05, 4.69) is 26.3 Å². The molecule has 2 amide bonds. The first kappa shape index (κ1) is 19.5. The summed E-state index contributed by atoms with van der Waals surface area (Å²) in [5.41, 5.74) is 5.88. The summed E-state index contributed by atoms with van der Waals surface area (Å²) >= 11 is 0.960. The van der Waals surface area contributed by atoms with Gasteiger partial charge in [-0.15, -0.1) is 25.5 Å². The Labute approximate surface area is 149 Å². The molecular weight excluding hydrogens is 373 g/mol. The van der Waals surface area contributed by atoms with Crippen LogP contribution in [0, 0.1) is 12.3 Å². The van der Waals surface area contributed by atoms with Crippen molar-refractivity contribution in [1.82, 2.24) is 10.3 Å². The van der Waals surface area contributed by atoms with Gasteiger partial charge in [0.15, 0.2) is 5.13 Å². The fourth-order valence-electron chi connectivity index (χ4n) is 1.84. The molecule has 0 aliphatic carbocycles. The summed E-state index contributed by atoms with van der Waals surface area (Å²) < 4.78 is 40.9. The van der Waals surface area contributed by atoms with Gasteiger partial charge in [0, 0.05) is 12.5 Å². The van der Waals surface area contributed by atoms with Gasteiger partial charge in [0.25, 0.3) is 0 Å². The molecular formula is C15H13F3N4O3S. The topological polar surface area (TPSA) is 106 Å². The number of terminal acetylenes is 1. The molecule has 0 saturated heterocycles. The molecule has 0 unspecified atom stereocenters. The van der Waals surface area contributed by atoms with Crippen molar-refractivity contribution in [3.8, 4) is 18.1 Å². The summed E-state index contributed by atoms with van der Waals surface area (Å²) in [7, 11) is 0. The smallest absolute Gasteiger partial charge is 0.406 e. The van der Waals surface area contributed by atoms with Gasteiger partial charge in [0.2, 0.25) is 11.8 Å². The van der Waals surface area contributed by atoms with Crippen molar-refractivity contribution in [3.63, 3.8) is 0 Å². The zero-order chi connectivity index (χ0) is 19.3. The lowest BCUT2D eigenvalue weighted by Crippen LogP contribution is -2.43. The SMILES string of the molecule is C#CC[C@H](N)C(=O)NCC(=O)Nc1nc2ccc(OC(F)(F)F)cc2s1. The third-order valence-electron chi connectivity index (χ3n) is 2.94. The van der Waals surface area contributed by atoms with Crippen LogP contribution in [-0.4, -0.2) is 35.7 Å². The number of hydrogen-bond acceptors (Lipinski definition) is 6. The fraction of sp³-hybridized carbons (Fsp3) is 0.267. The average Bonchev–Trinajstić information content (AvgIpc) is 2.92. The van der Waals surface area contributed by atoms with E-state index in [1.165, 1.54) is 6.07 Å². The molecule has 0 spiro atoms. The lowest BCUT2D eigenvalue weighted by molar-refractivity contribution is -0.274. The number of fused-ring (bicyclic) bond motifs is 1. The number of hydrogen-bond donors (Lipinski definition) is 3. The van der Waals surface area contributed by atoms with E-state index in [1.807, 2.05) is 0 Å². The third kappa shape index (κ3) is 5.61. The van der Waals surface area contributed by atoms with Gasteiger partial charge in [-0.2, -0.15) is 0 Å². The maximum Gasteiger partial charge on any atom is 0.573 e. The number of benzene rings is 1. The lowest BCUT2D eigenvalue weighted by Gasteiger charge is -2.08. The Morgan fingerprint density at radius 2 is 2.15 bits per heavy atom. The molecule has 0 fully saturated rings. The minimum absolute atomic E-state index is 0.0354. The zero-order valence-corrected chi connectivity index (χ0v) is 13.9. The fourth-order valence-corrected chi connectivity index (χ4v) is 2.75. The normalized spacial score (nSPS) is 12.3. The van der Waals surface area contributed by atoms with Gasteiger partial charge in [-0.1, -0.05) is 11.3 Å². The Bertz CT molecular complexity index is 860. The van der Waals surface area contributed by atoms with Crippen molar-refractivity contribution in [2.24, 2.45) is 5.73 Å². The highest BCUT2D eigenvalue weighted by atomic mass is 32.1. The Balaban J connectivity index is 1.97. The van der Waals surface area contributed by atoms with Crippen LogP contribution in [0.3, 0.4) is 0 Å². The highest BCUT2D eigenvalue weighted by Gasteiger charge is 2.31. The summed E-state index contributed by atoms with van der Waals surface area (Å²) in [5.74, 6) is 0.701. The molecule has 1 aromatic heterocycles. The number of nitrogens with zero attached hydrogens (tertiary/aromatic N) is 1. The number of halogens is 3. The van der Waals surface area contributed by atoms with Gasteiger partial charge in [-0.25, -0.2) is 4.98 Å². The van der Waals surface area contributed by atoms with Crippen LogP contribution in [0.5, 0.6) is 5.75 Å². The van der Waals surface area contributed by atoms with Crippen LogP contribution in [0.1, 0.15) is 6.42 Å². The Morgan fingerprint density at radius 1 is 1.42 bits per heavy atom. The average molecular weight is 386 g/mol. The lowest BCUT2D eigenvalue weighted by atomic mass is 10.2. The van der Waals surface area contributed by atoms with Crippen LogP contribution in [0.25, 0.3) is 10.2 Å². The summed E-state index contributed by atoms with van der Waals surface area (Å²) in [6.45, 7) is -0.352. The van der Waals surface area contributed by atoms with Crippen LogP contribution in [0.15, 0.2) is 18.2 Å². The molecule has 11 heteroatoms. The molecule has 0 radical (unpaired) electrons. The van der Waals surface area contributed by atoms with E-state index in [4.69, 9.17) is 12.2 Å². The van der Waals surface area contributed by atoms with Crippen LogP contribution in [0.2, 0.25) is 0 Å². The predicted molar refractivity (Wildman–Crippen MR) is 89.4 cm³/mol. The minimum Gasteiger partial charge on any atom is -0.406 e. The molecule has 2 aromatic rings. The van der Waals surface area contributed by atoms with Crippen LogP contribution >= 0.6 is 11.3 Å². The van der Waals surface area contributed by atoms with Gasteiger partial charge < -0.3 is 21.1 Å². The number of ether oxygens (including phenoxy) is 1. The monoisotopic (exact) mass is 386 g/mol. The highest BCUT2D eigenvalue weighted by Crippen LogP contribution is 2.31. The molecule has 1 atom stereocenters. The van der Waals surface area contributed by atoms with E-state index in [0.29, 0.717) is 10.2 Å². The van der Waals surface area contributed by atoms with Crippen molar-refractivity contribution in [2.75, 3.05) is 11.9 Å². The second-order valence-corrected chi connectivity index (χ2v) is 6.01. The molecule has 26 heavy (non-hydrogen) atoms. The largest absolute Gasteiger partial charge is 0.573 e. The molecule has 4 N–H and O–H groups in total. The zero-order valence-electron chi connectivity index (χ0n) is 13.1. The number of rotatable bonds is 6. The molecule has 138 valence electrons. The number of thiazole rings is 1. The number of aromatic nitrogens is 1. The van der Waals surface area contributed by atoms with E-state index < -0.39 is 24.2 Å².